The first kappa shape index (κ1) is 18.2. The van der Waals surface area contributed by atoms with Gasteiger partial charge in [-0.3, -0.25) is 4.79 Å². The van der Waals surface area contributed by atoms with Crippen molar-refractivity contribution in [1.82, 2.24) is 4.90 Å². The molecule has 24 heavy (non-hydrogen) atoms. The van der Waals surface area contributed by atoms with E-state index in [0.717, 1.165) is 24.4 Å². The SMILES string of the molecule is CCCCN(C)Cc1ccc(COc2ccc(C(C)=O)cc2)cc1. The van der Waals surface area contributed by atoms with Gasteiger partial charge < -0.3 is 9.64 Å². The molecule has 0 unspecified atom stereocenters. The largest absolute Gasteiger partial charge is 0.489 e. The Morgan fingerprint density at radius 1 is 1.00 bits per heavy atom. The van der Waals surface area contributed by atoms with Gasteiger partial charge in [-0.15, -0.1) is 0 Å². The molecule has 2 aromatic rings. The van der Waals surface area contributed by atoms with E-state index in [4.69, 9.17) is 4.74 Å². The number of benzene rings is 2. The number of ether oxygens (including phenoxy) is 1. The Labute approximate surface area is 145 Å². The van der Waals surface area contributed by atoms with Crippen molar-refractivity contribution in [3.8, 4) is 5.75 Å². The predicted octanol–water partition coefficient (Wildman–Crippen LogP) is 4.70. The average Bonchev–Trinajstić information content (AvgIpc) is 2.59. The zero-order valence-electron chi connectivity index (χ0n) is 14.9. The fourth-order valence-electron chi connectivity index (χ4n) is 2.51. The maximum absolute atomic E-state index is 11.3. The summed E-state index contributed by atoms with van der Waals surface area (Å²) < 4.78 is 5.78. The molecule has 0 heterocycles. The third kappa shape index (κ3) is 5.82. The first-order valence-corrected chi connectivity index (χ1v) is 8.58. The van der Waals surface area contributed by atoms with Crippen molar-refractivity contribution in [3.05, 3.63) is 65.2 Å². The van der Waals surface area contributed by atoms with Crippen molar-refractivity contribution in [2.24, 2.45) is 0 Å². The van der Waals surface area contributed by atoms with E-state index in [1.807, 2.05) is 12.1 Å². The van der Waals surface area contributed by atoms with Crippen LogP contribution in [0.25, 0.3) is 0 Å². The van der Waals surface area contributed by atoms with Crippen molar-refractivity contribution < 1.29 is 9.53 Å². The standard InChI is InChI=1S/C21H27NO2/c1-4-5-14-22(3)15-18-6-8-19(9-7-18)16-24-21-12-10-20(11-13-21)17(2)23/h6-13H,4-5,14-16H2,1-3H3. The Balaban J connectivity index is 1.84. The molecule has 2 aromatic carbocycles. The van der Waals surface area contributed by atoms with Crippen molar-refractivity contribution in [2.75, 3.05) is 13.6 Å². The minimum Gasteiger partial charge on any atom is -0.489 e. The molecule has 0 aliphatic carbocycles. The molecule has 0 bridgehead atoms. The highest BCUT2D eigenvalue weighted by Gasteiger charge is 2.02. The van der Waals surface area contributed by atoms with Crippen LogP contribution in [0.2, 0.25) is 0 Å². The van der Waals surface area contributed by atoms with Gasteiger partial charge in [-0.25, -0.2) is 0 Å². The summed E-state index contributed by atoms with van der Waals surface area (Å²) in [6, 6.07) is 15.8. The van der Waals surface area contributed by atoms with Gasteiger partial charge in [-0.2, -0.15) is 0 Å². The van der Waals surface area contributed by atoms with Crippen molar-refractivity contribution >= 4 is 5.78 Å². The highest BCUT2D eigenvalue weighted by atomic mass is 16.5. The van der Waals surface area contributed by atoms with Gasteiger partial charge >= 0.3 is 0 Å². The van der Waals surface area contributed by atoms with Crippen LogP contribution in [0.5, 0.6) is 5.75 Å². The van der Waals surface area contributed by atoms with Crippen LogP contribution in [0.4, 0.5) is 0 Å². The third-order valence-electron chi connectivity index (χ3n) is 4.04. The summed E-state index contributed by atoms with van der Waals surface area (Å²) in [7, 11) is 2.16. The lowest BCUT2D eigenvalue weighted by Gasteiger charge is -2.16. The Morgan fingerprint density at radius 3 is 2.21 bits per heavy atom. The molecule has 3 nitrogen and oxygen atoms in total. The van der Waals surface area contributed by atoms with Gasteiger partial charge in [0.1, 0.15) is 12.4 Å². The van der Waals surface area contributed by atoms with E-state index in [1.54, 1.807) is 19.1 Å². The summed E-state index contributed by atoms with van der Waals surface area (Å²) in [5.74, 6) is 0.851. The molecule has 0 spiro atoms. The molecular formula is C21H27NO2. The van der Waals surface area contributed by atoms with Crippen LogP contribution in [0.3, 0.4) is 0 Å². The highest BCUT2D eigenvalue weighted by Crippen LogP contribution is 2.15. The summed E-state index contributed by atoms with van der Waals surface area (Å²) in [5.41, 5.74) is 3.17. The highest BCUT2D eigenvalue weighted by molar-refractivity contribution is 5.94. The quantitative estimate of drug-likeness (QED) is 0.626. The molecule has 0 aliphatic heterocycles. The molecule has 128 valence electrons. The van der Waals surface area contributed by atoms with Crippen LogP contribution in [0, 0.1) is 0 Å². The maximum Gasteiger partial charge on any atom is 0.159 e. The second-order valence-electron chi connectivity index (χ2n) is 6.28. The number of carbonyl (C=O) groups is 1. The predicted molar refractivity (Wildman–Crippen MR) is 98.5 cm³/mol. The van der Waals surface area contributed by atoms with Gasteiger partial charge in [0.2, 0.25) is 0 Å². The van der Waals surface area contributed by atoms with Crippen LogP contribution in [-0.2, 0) is 13.2 Å². The van der Waals surface area contributed by atoms with Gasteiger partial charge in [0.25, 0.3) is 0 Å². The molecular weight excluding hydrogens is 298 g/mol. The van der Waals surface area contributed by atoms with E-state index in [1.165, 1.54) is 18.4 Å². The number of unbranched alkanes of at least 4 members (excludes halogenated alkanes) is 1. The number of carbonyl (C=O) groups excluding carboxylic acids is 1. The van der Waals surface area contributed by atoms with Crippen LogP contribution < -0.4 is 4.74 Å². The van der Waals surface area contributed by atoms with Crippen LogP contribution in [0.1, 0.15) is 48.2 Å². The average molecular weight is 325 g/mol. The molecule has 0 radical (unpaired) electrons. The molecule has 0 atom stereocenters. The van der Waals surface area contributed by atoms with E-state index < -0.39 is 0 Å². The number of rotatable bonds is 9. The first-order valence-electron chi connectivity index (χ1n) is 8.58. The topological polar surface area (TPSA) is 29.5 Å². The minimum atomic E-state index is 0.0704. The smallest absolute Gasteiger partial charge is 0.159 e. The van der Waals surface area contributed by atoms with Crippen LogP contribution in [-0.4, -0.2) is 24.3 Å². The van der Waals surface area contributed by atoms with Crippen molar-refractivity contribution in [2.45, 2.75) is 39.8 Å². The molecule has 0 fully saturated rings. The normalized spacial score (nSPS) is 10.8. The van der Waals surface area contributed by atoms with E-state index in [-0.39, 0.29) is 5.78 Å². The fraction of sp³-hybridized carbons (Fsp3) is 0.381. The zero-order chi connectivity index (χ0) is 17.4. The Morgan fingerprint density at radius 2 is 1.62 bits per heavy atom. The second kappa shape index (κ2) is 9.24. The first-order chi connectivity index (χ1) is 11.6. The summed E-state index contributed by atoms with van der Waals surface area (Å²) in [5, 5.41) is 0. The maximum atomic E-state index is 11.3. The van der Waals surface area contributed by atoms with Gasteiger partial charge in [0.05, 0.1) is 0 Å². The minimum absolute atomic E-state index is 0.0704. The molecule has 0 amide bonds. The summed E-state index contributed by atoms with van der Waals surface area (Å²) >= 11 is 0. The molecule has 0 saturated heterocycles. The van der Waals surface area contributed by atoms with Crippen LogP contribution in [0.15, 0.2) is 48.5 Å². The van der Waals surface area contributed by atoms with E-state index in [2.05, 4.69) is 43.1 Å². The lowest BCUT2D eigenvalue weighted by Crippen LogP contribution is -2.18. The van der Waals surface area contributed by atoms with Gasteiger partial charge in [0.15, 0.2) is 5.78 Å². The van der Waals surface area contributed by atoms with E-state index >= 15 is 0 Å². The summed E-state index contributed by atoms with van der Waals surface area (Å²) in [6.07, 6.45) is 2.47. The second-order valence-corrected chi connectivity index (χ2v) is 6.28. The van der Waals surface area contributed by atoms with Gasteiger partial charge in [-0.1, -0.05) is 37.6 Å². The molecule has 0 saturated carbocycles. The molecule has 0 N–H and O–H groups in total. The Bertz CT molecular complexity index is 632. The van der Waals surface area contributed by atoms with Gasteiger partial charge in [0, 0.05) is 12.1 Å². The van der Waals surface area contributed by atoms with Crippen LogP contribution >= 0.6 is 0 Å². The Kier molecular flexibility index (Phi) is 7.01. The number of nitrogens with zero attached hydrogens (tertiary/aromatic N) is 1. The summed E-state index contributed by atoms with van der Waals surface area (Å²) in [6.45, 7) is 6.43. The number of Topliss-reactive ketones (excluding diaryl/α,β-unsaturated/α-hetero) is 1. The number of hydrogen-bond acceptors (Lipinski definition) is 3. The molecule has 0 aromatic heterocycles. The molecule has 3 heteroatoms. The van der Waals surface area contributed by atoms with E-state index in [0.29, 0.717) is 12.2 Å². The van der Waals surface area contributed by atoms with Gasteiger partial charge in [-0.05, 0) is 62.3 Å². The fourth-order valence-corrected chi connectivity index (χ4v) is 2.51. The molecule has 0 aliphatic rings. The Hall–Kier alpha value is -2.13. The van der Waals surface area contributed by atoms with Crippen molar-refractivity contribution in [1.29, 1.82) is 0 Å². The number of hydrogen-bond donors (Lipinski definition) is 0. The lowest BCUT2D eigenvalue weighted by molar-refractivity contribution is 0.101. The molecule has 2 rings (SSSR count). The lowest BCUT2D eigenvalue weighted by atomic mass is 10.1. The summed E-state index contributed by atoms with van der Waals surface area (Å²) in [4.78, 5) is 13.6. The zero-order valence-corrected chi connectivity index (χ0v) is 14.9. The monoisotopic (exact) mass is 325 g/mol. The van der Waals surface area contributed by atoms with E-state index in [9.17, 15) is 4.79 Å². The number of ketones is 1. The third-order valence-corrected chi connectivity index (χ3v) is 4.04. The van der Waals surface area contributed by atoms with Crippen molar-refractivity contribution in [3.63, 3.8) is 0 Å².